The highest BCUT2D eigenvalue weighted by atomic mass is 16.5. The van der Waals surface area contributed by atoms with Crippen molar-refractivity contribution in [1.29, 1.82) is 0 Å². The molecule has 0 bridgehead atoms. The number of nitrogens with one attached hydrogen (secondary N) is 3. The summed E-state index contributed by atoms with van der Waals surface area (Å²) in [5, 5.41) is 10.2. The molecule has 1 amide bonds. The zero-order chi connectivity index (χ0) is 17.2. The lowest BCUT2D eigenvalue weighted by atomic mass is 10.0. The molecule has 3 heterocycles. The van der Waals surface area contributed by atoms with Crippen molar-refractivity contribution in [3.05, 3.63) is 69.8 Å². The number of ether oxygens (including phenoxy) is 1. The molecule has 4 rings (SSSR count). The van der Waals surface area contributed by atoms with E-state index in [1.807, 2.05) is 18.2 Å². The maximum Gasteiger partial charge on any atom is 0.272 e. The molecule has 25 heavy (non-hydrogen) atoms. The summed E-state index contributed by atoms with van der Waals surface area (Å²) >= 11 is 0. The summed E-state index contributed by atoms with van der Waals surface area (Å²) in [6.45, 7) is 1.23. The van der Waals surface area contributed by atoms with Crippen molar-refractivity contribution in [2.75, 3.05) is 11.9 Å². The Morgan fingerprint density at radius 1 is 1.24 bits per heavy atom. The lowest BCUT2D eigenvalue weighted by molar-refractivity contribution is 0.102. The van der Waals surface area contributed by atoms with Gasteiger partial charge in [0.15, 0.2) is 5.43 Å². The number of hydrogen-bond donors (Lipinski definition) is 3. The number of anilines is 1. The first-order valence-corrected chi connectivity index (χ1v) is 7.95. The van der Waals surface area contributed by atoms with Crippen molar-refractivity contribution in [2.24, 2.45) is 0 Å². The smallest absolute Gasteiger partial charge is 0.272 e. The SMILES string of the molecule is O=C(Nc1cccc(-c2n[nH]c3c2COCC3)c1)c1cc(=O)cc[nH]1. The van der Waals surface area contributed by atoms with E-state index >= 15 is 0 Å². The van der Waals surface area contributed by atoms with E-state index in [-0.39, 0.29) is 17.0 Å². The van der Waals surface area contributed by atoms with E-state index in [2.05, 4.69) is 20.5 Å². The Balaban J connectivity index is 1.61. The van der Waals surface area contributed by atoms with E-state index in [0.29, 0.717) is 18.9 Å². The number of H-pyrrole nitrogens is 2. The minimum Gasteiger partial charge on any atom is -0.376 e. The summed E-state index contributed by atoms with van der Waals surface area (Å²) < 4.78 is 5.52. The molecule has 1 aliphatic rings. The van der Waals surface area contributed by atoms with E-state index < -0.39 is 0 Å². The van der Waals surface area contributed by atoms with Crippen LogP contribution in [0.4, 0.5) is 5.69 Å². The van der Waals surface area contributed by atoms with Crippen LogP contribution in [0.15, 0.2) is 47.4 Å². The minimum absolute atomic E-state index is 0.212. The summed E-state index contributed by atoms with van der Waals surface area (Å²) in [5.41, 5.74) is 4.49. The third-order valence-electron chi connectivity index (χ3n) is 4.11. The zero-order valence-electron chi connectivity index (χ0n) is 13.3. The topological polar surface area (TPSA) is 99.9 Å². The van der Waals surface area contributed by atoms with Crippen LogP contribution in [-0.4, -0.2) is 27.7 Å². The summed E-state index contributed by atoms with van der Waals surface area (Å²) in [6.07, 6.45) is 2.27. The number of carbonyl (C=O) groups is 1. The molecule has 3 N–H and O–H groups in total. The van der Waals surface area contributed by atoms with Crippen molar-refractivity contribution in [1.82, 2.24) is 15.2 Å². The molecule has 0 saturated carbocycles. The van der Waals surface area contributed by atoms with Gasteiger partial charge in [0.25, 0.3) is 5.91 Å². The van der Waals surface area contributed by atoms with Crippen LogP contribution in [0.25, 0.3) is 11.3 Å². The lowest BCUT2D eigenvalue weighted by Gasteiger charge is -2.13. The van der Waals surface area contributed by atoms with E-state index in [9.17, 15) is 9.59 Å². The van der Waals surface area contributed by atoms with Gasteiger partial charge in [-0.25, -0.2) is 0 Å². The molecular weight excluding hydrogens is 320 g/mol. The lowest BCUT2D eigenvalue weighted by Crippen LogP contribution is -2.16. The van der Waals surface area contributed by atoms with Crippen molar-refractivity contribution in [2.45, 2.75) is 13.0 Å². The third-order valence-corrected chi connectivity index (χ3v) is 4.11. The second-order valence-electron chi connectivity index (χ2n) is 5.80. The van der Waals surface area contributed by atoms with Gasteiger partial charge in [-0.2, -0.15) is 5.10 Å². The van der Waals surface area contributed by atoms with E-state index in [1.165, 1.54) is 18.3 Å². The molecule has 126 valence electrons. The van der Waals surface area contributed by atoms with Crippen molar-refractivity contribution in [3.63, 3.8) is 0 Å². The molecule has 1 aromatic carbocycles. The maximum absolute atomic E-state index is 12.3. The molecule has 7 nitrogen and oxygen atoms in total. The van der Waals surface area contributed by atoms with Crippen LogP contribution in [0.1, 0.15) is 21.7 Å². The van der Waals surface area contributed by atoms with Gasteiger partial charge < -0.3 is 15.0 Å². The molecule has 0 radical (unpaired) electrons. The fourth-order valence-corrected chi connectivity index (χ4v) is 2.87. The van der Waals surface area contributed by atoms with Crippen LogP contribution in [0.5, 0.6) is 0 Å². The summed E-state index contributed by atoms with van der Waals surface area (Å²) in [4.78, 5) is 26.4. The first kappa shape index (κ1) is 15.3. The first-order chi connectivity index (χ1) is 12.2. The number of amides is 1. The molecule has 0 saturated heterocycles. The number of pyridine rings is 1. The summed E-state index contributed by atoms with van der Waals surface area (Å²) in [5.74, 6) is -0.373. The fourth-order valence-electron chi connectivity index (χ4n) is 2.87. The van der Waals surface area contributed by atoms with Crippen LogP contribution in [-0.2, 0) is 17.8 Å². The quantitative estimate of drug-likeness (QED) is 0.682. The van der Waals surface area contributed by atoms with Gasteiger partial charge in [0.05, 0.1) is 18.9 Å². The predicted octanol–water partition coefficient (Wildman–Crippen LogP) is 2.09. The Morgan fingerprint density at radius 3 is 3.04 bits per heavy atom. The Morgan fingerprint density at radius 2 is 2.16 bits per heavy atom. The fraction of sp³-hybridized carbons (Fsp3) is 0.167. The second kappa shape index (κ2) is 6.37. The minimum atomic E-state index is -0.373. The Hall–Kier alpha value is -3.19. The Kier molecular flexibility index (Phi) is 3.91. The predicted molar refractivity (Wildman–Crippen MR) is 92.4 cm³/mol. The first-order valence-electron chi connectivity index (χ1n) is 7.95. The molecule has 0 spiro atoms. The standard InChI is InChI=1S/C18H16N4O3/c23-13-4-6-19-16(9-13)18(24)20-12-3-1-2-11(8-12)17-14-10-25-7-5-15(14)21-22-17/h1-4,6,8-9H,5,7,10H2,(H,19,23)(H,20,24)(H,21,22). The zero-order valence-corrected chi connectivity index (χ0v) is 13.3. The number of benzene rings is 1. The maximum atomic E-state index is 12.3. The molecule has 0 fully saturated rings. The van der Waals surface area contributed by atoms with Crippen molar-refractivity contribution >= 4 is 11.6 Å². The molecule has 7 heteroatoms. The number of nitrogens with zero attached hydrogens (tertiary/aromatic N) is 1. The van der Waals surface area contributed by atoms with Gasteiger partial charge in [0, 0.05) is 47.3 Å². The van der Waals surface area contributed by atoms with E-state index in [1.54, 1.807) is 6.07 Å². The van der Waals surface area contributed by atoms with Gasteiger partial charge in [0.1, 0.15) is 5.69 Å². The van der Waals surface area contributed by atoms with Gasteiger partial charge >= 0.3 is 0 Å². The van der Waals surface area contributed by atoms with Crippen LogP contribution in [0.2, 0.25) is 0 Å². The largest absolute Gasteiger partial charge is 0.376 e. The van der Waals surface area contributed by atoms with Gasteiger partial charge in [-0.3, -0.25) is 14.7 Å². The van der Waals surface area contributed by atoms with E-state index in [0.717, 1.165) is 28.9 Å². The van der Waals surface area contributed by atoms with Crippen molar-refractivity contribution in [3.8, 4) is 11.3 Å². The second-order valence-corrected chi connectivity index (χ2v) is 5.80. The Bertz CT molecular complexity index is 990. The molecular formula is C18H16N4O3. The average Bonchev–Trinajstić information content (AvgIpc) is 3.06. The monoisotopic (exact) mass is 336 g/mol. The average molecular weight is 336 g/mol. The molecule has 0 unspecified atom stereocenters. The van der Waals surface area contributed by atoms with Gasteiger partial charge in [-0.15, -0.1) is 0 Å². The molecule has 0 atom stereocenters. The molecule has 0 aliphatic carbocycles. The molecule has 2 aromatic heterocycles. The number of aromatic amines is 2. The van der Waals surface area contributed by atoms with Crippen LogP contribution >= 0.6 is 0 Å². The van der Waals surface area contributed by atoms with E-state index in [4.69, 9.17) is 4.74 Å². The van der Waals surface area contributed by atoms with Gasteiger partial charge in [0.2, 0.25) is 0 Å². The van der Waals surface area contributed by atoms with Crippen LogP contribution in [0.3, 0.4) is 0 Å². The number of hydrogen-bond acceptors (Lipinski definition) is 4. The highest BCUT2D eigenvalue weighted by Gasteiger charge is 2.18. The summed E-state index contributed by atoms with van der Waals surface area (Å²) in [6, 6.07) is 10.1. The number of rotatable bonds is 3. The van der Waals surface area contributed by atoms with Gasteiger partial charge in [-0.05, 0) is 12.1 Å². The van der Waals surface area contributed by atoms with Gasteiger partial charge in [-0.1, -0.05) is 12.1 Å². The number of aromatic nitrogens is 3. The highest BCUT2D eigenvalue weighted by molar-refractivity contribution is 6.03. The van der Waals surface area contributed by atoms with Crippen molar-refractivity contribution < 1.29 is 9.53 Å². The van der Waals surface area contributed by atoms with Crippen LogP contribution in [0, 0.1) is 0 Å². The number of carbonyl (C=O) groups excluding carboxylic acids is 1. The van der Waals surface area contributed by atoms with Crippen LogP contribution < -0.4 is 10.7 Å². The third kappa shape index (κ3) is 3.09. The molecule has 3 aromatic rings. The highest BCUT2D eigenvalue weighted by Crippen LogP contribution is 2.28. The number of fused-ring (bicyclic) bond motifs is 1. The normalized spacial score (nSPS) is 13.3. The Labute approximate surface area is 143 Å². The summed E-state index contributed by atoms with van der Waals surface area (Å²) in [7, 11) is 0. The molecule has 1 aliphatic heterocycles.